The van der Waals surface area contributed by atoms with E-state index < -0.39 is 10.0 Å². The van der Waals surface area contributed by atoms with Gasteiger partial charge in [-0.3, -0.25) is 0 Å². The topological polar surface area (TPSA) is 72.2 Å². The zero-order valence-electron chi connectivity index (χ0n) is 12.6. The molecule has 1 aliphatic carbocycles. The molecular formula is C16H26N2O2S. The van der Waals surface area contributed by atoms with Crippen molar-refractivity contribution in [3.05, 3.63) is 29.8 Å². The molecule has 1 aromatic rings. The van der Waals surface area contributed by atoms with Crippen LogP contribution in [0, 0.1) is 5.92 Å². The Morgan fingerprint density at radius 3 is 2.24 bits per heavy atom. The Kier molecular flexibility index (Phi) is 6.21. The van der Waals surface area contributed by atoms with Crippen molar-refractivity contribution in [3.8, 4) is 0 Å². The molecule has 0 aromatic heterocycles. The van der Waals surface area contributed by atoms with Gasteiger partial charge in [0.25, 0.3) is 0 Å². The van der Waals surface area contributed by atoms with E-state index in [1.807, 2.05) is 12.1 Å². The van der Waals surface area contributed by atoms with E-state index in [-0.39, 0.29) is 4.90 Å². The number of hydrogen-bond donors (Lipinski definition) is 2. The number of hydrogen-bond acceptors (Lipinski definition) is 3. The maximum Gasteiger partial charge on any atom is 0.238 e. The molecule has 3 N–H and O–H groups in total. The lowest BCUT2D eigenvalue weighted by Gasteiger charge is -2.14. The summed E-state index contributed by atoms with van der Waals surface area (Å²) < 4.78 is 22.3. The first-order valence-corrected chi connectivity index (χ1v) is 9.43. The Balaban J connectivity index is 1.71. The van der Waals surface area contributed by atoms with Crippen molar-refractivity contribution in [2.75, 3.05) is 13.1 Å². The van der Waals surface area contributed by atoms with E-state index >= 15 is 0 Å². The molecule has 0 saturated heterocycles. The molecule has 0 heterocycles. The molecule has 1 aromatic carbocycles. The highest BCUT2D eigenvalue weighted by molar-refractivity contribution is 7.89. The van der Waals surface area contributed by atoms with Gasteiger partial charge in [0.2, 0.25) is 10.0 Å². The van der Waals surface area contributed by atoms with Gasteiger partial charge in [-0.2, -0.15) is 0 Å². The van der Waals surface area contributed by atoms with Gasteiger partial charge in [0.15, 0.2) is 0 Å². The summed E-state index contributed by atoms with van der Waals surface area (Å²) in [5.74, 6) is 0.831. The van der Waals surface area contributed by atoms with Gasteiger partial charge < -0.3 is 5.32 Å². The summed E-state index contributed by atoms with van der Waals surface area (Å²) in [6, 6.07) is 6.84. The SMILES string of the molecule is NS(=O)(=O)c1ccc(CCNCC2CCCCCC2)cc1. The van der Waals surface area contributed by atoms with Crippen molar-refractivity contribution in [1.82, 2.24) is 5.32 Å². The Labute approximate surface area is 128 Å². The normalized spacial score (nSPS) is 17.6. The fraction of sp³-hybridized carbons (Fsp3) is 0.625. The fourth-order valence-electron chi connectivity index (χ4n) is 2.95. The quantitative estimate of drug-likeness (QED) is 0.626. The van der Waals surface area contributed by atoms with Crippen molar-refractivity contribution in [2.24, 2.45) is 11.1 Å². The number of sulfonamides is 1. The maximum atomic E-state index is 11.2. The lowest BCUT2D eigenvalue weighted by molar-refractivity contribution is 0.427. The molecule has 2 rings (SSSR count). The van der Waals surface area contributed by atoms with Crippen LogP contribution < -0.4 is 10.5 Å². The zero-order valence-corrected chi connectivity index (χ0v) is 13.4. The number of nitrogens with one attached hydrogen (secondary N) is 1. The second kappa shape index (κ2) is 7.92. The average molecular weight is 310 g/mol. The standard InChI is InChI=1S/C16H26N2O2S/c17-21(19,20)16-9-7-14(8-10-16)11-12-18-13-15-5-3-1-2-4-6-15/h7-10,15,18H,1-6,11-13H2,(H2,17,19,20). The lowest BCUT2D eigenvalue weighted by atomic mass is 10.0. The average Bonchev–Trinajstić information content (AvgIpc) is 2.72. The van der Waals surface area contributed by atoms with Gasteiger partial charge in [-0.15, -0.1) is 0 Å². The van der Waals surface area contributed by atoms with Crippen LogP contribution in [0.3, 0.4) is 0 Å². The van der Waals surface area contributed by atoms with Gasteiger partial charge in [0, 0.05) is 0 Å². The van der Waals surface area contributed by atoms with Gasteiger partial charge in [-0.1, -0.05) is 37.8 Å². The zero-order chi connectivity index (χ0) is 15.1. The van der Waals surface area contributed by atoms with Gasteiger partial charge in [0.05, 0.1) is 4.90 Å². The predicted molar refractivity (Wildman–Crippen MR) is 85.6 cm³/mol. The predicted octanol–water partition coefficient (Wildman–Crippen LogP) is 2.44. The fourth-order valence-corrected chi connectivity index (χ4v) is 3.47. The highest BCUT2D eigenvalue weighted by atomic mass is 32.2. The molecular weight excluding hydrogens is 284 g/mol. The van der Waals surface area contributed by atoms with E-state index in [1.54, 1.807) is 12.1 Å². The van der Waals surface area contributed by atoms with E-state index in [9.17, 15) is 8.42 Å². The summed E-state index contributed by atoms with van der Waals surface area (Å²) in [6.07, 6.45) is 9.17. The van der Waals surface area contributed by atoms with Gasteiger partial charge in [-0.05, 0) is 56.0 Å². The van der Waals surface area contributed by atoms with Crippen LogP contribution in [0.15, 0.2) is 29.2 Å². The molecule has 21 heavy (non-hydrogen) atoms. The van der Waals surface area contributed by atoms with Crippen molar-refractivity contribution in [3.63, 3.8) is 0 Å². The summed E-state index contributed by atoms with van der Waals surface area (Å²) in [5, 5.41) is 8.62. The second-order valence-electron chi connectivity index (χ2n) is 6.00. The summed E-state index contributed by atoms with van der Waals surface area (Å²) in [6.45, 7) is 2.04. The Morgan fingerprint density at radius 1 is 1.05 bits per heavy atom. The largest absolute Gasteiger partial charge is 0.316 e. The summed E-state index contributed by atoms with van der Waals surface area (Å²) >= 11 is 0. The molecule has 1 fully saturated rings. The number of benzene rings is 1. The highest BCUT2D eigenvalue weighted by Crippen LogP contribution is 2.22. The number of rotatable bonds is 6. The summed E-state index contributed by atoms with van der Waals surface area (Å²) in [7, 11) is -3.58. The molecule has 0 unspecified atom stereocenters. The van der Waals surface area contributed by atoms with E-state index in [0.717, 1.165) is 31.0 Å². The van der Waals surface area contributed by atoms with Crippen LogP contribution in [0.1, 0.15) is 44.1 Å². The summed E-state index contributed by atoms with van der Waals surface area (Å²) in [5.41, 5.74) is 1.13. The highest BCUT2D eigenvalue weighted by Gasteiger charge is 2.11. The second-order valence-corrected chi connectivity index (χ2v) is 7.56. The van der Waals surface area contributed by atoms with Crippen molar-refractivity contribution < 1.29 is 8.42 Å². The minimum atomic E-state index is -3.58. The van der Waals surface area contributed by atoms with E-state index in [4.69, 9.17) is 5.14 Å². The Hall–Kier alpha value is -0.910. The molecule has 0 aliphatic heterocycles. The first-order chi connectivity index (χ1) is 10.1. The maximum absolute atomic E-state index is 11.2. The molecule has 0 atom stereocenters. The minimum absolute atomic E-state index is 0.178. The third kappa shape index (κ3) is 5.77. The van der Waals surface area contributed by atoms with Crippen molar-refractivity contribution >= 4 is 10.0 Å². The third-order valence-corrected chi connectivity index (χ3v) is 5.18. The molecule has 5 heteroatoms. The van der Waals surface area contributed by atoms with Crippen LogP contribution in [0.4, 0.5) is 0 Å². The molecule has 0 amide bonds. The van der Waals surface area contributed by atoms with E-state index in [1.165, 1.54) is 38.5 Å². The van der Waals surface area contributed by atoms with Crippen LogP contribution in [-0.2, 0) is 16.4 Å². The molecule has 0 bridgehead atoms. The Bertz CT molecular complexity index is 518. The number of nitrogens with two attached hydrogens (primary N) is 1. The van der Waals surface area contributed by atoms with Gasteiger partial charge in [-0.25, -0.2) is 13.6 Å². The molecule has 1 aliphatic rings. The molecule has 4 nitrogen and oxygen atoms in total. The van der Waals surface area contributed by atoms with E-state index in [0.29, 0.717) is 0 Å². The summed E-state index contributed by atoms with van der Waals surface area (Å²) in [4.78, 5) is 0.178. The van der Waals surface area contributed by atoms with Crippen LogP contribution in [0.5, 0.6) is 0 Å². The van der Waals surface area contributed by atoms with Crippen LogP contribution in [0.25, 0.3) is 0 Å². The third-order valence-electron chi connectivity index (χ3n) is 4.25. The number of primary sulfonamides is 1. The molecule has 118 valence electrons. The molecule has 1 saturated carbocycles. The van der Waals surface area contributed by atoms with Crippen LogP contribution in [-0.4, -0.2) is 21.5 Å². The Morgan fingerprint density at radius 2 is 1.67 bits per heavy atom. The monoisotopic (exact) mass is 310 g/mol. The van der Waals surface area contributed by atoms with Crippen molar-refractivity contribution in [1.29, 1.82) is 0 Å². The van der Waals surface area contributed by atoms with Gasteiger partial charge in [0.1, 0.15) is 0 Å². The first-order valence-electron chi connectivity index (χ1n) is 7.88. The van der Waals surface area contributed by atoms with Crippen molar-refractivity contribution in [2.45, 2.75) is 49.8 Å². The van der Waals surface area contributed by atoms with E-state index in [2.05, 4.69) is 5.32 Å². The first kappa shape index (κ1) is 16.5. The molecule has 0 radical (unpaired) electrons. The minimum Gasteiger partial charge on any atom is -0.316 e. The van der Waals surface area contributed by atoms with Crippen LogP contribution in [0.2, 0.25) is 0 Å². The van der Waals surface area contributed by atoms with Crippen LogP contribution >= 0.6 is 0 Å². The molecule has 0 spiro atoms. The van der Waals surface area contributed by atoms with Gasteiger partial charge >= 0.3 is 0 Å². The lowest BCUT2D eigenvalue weighted by Crippen LogP contribution is -2.24. The smallest absolute Gasteiger partial charge is 0.238 e.